The van der Waals surface area contributed by atoms with Crippen LogP contribution in [0.25, 0.3) is 0 Å². The molecule has 0 amide bonds. The Hall–Kier alpha value is -0.700. The molecule has 0 spiro atoms. The molecular weight excluding hydrogens is 210 g/mol. The highest BCUT2D eigenvalue weighted by Crippen LogP contribution is 2.40. The molecule has 0 aliphatic heterocycles. The highest BCUT2D eigenvalue weighted by molar-refractivity contribution is 6.33. The maximum Gasteiger partial charge on any atom is 0.141 e. The molecule has 1 fully saturated rings. The van der Waals surface area contributed by atoms with Crippen molar-refractivity contribution in [2.45, 2.75) is 45.6 Å². The topological polar surface area (TPSA) is 43.8 Å². The number of nitrogen functional groups attached to an aromatic ring is 1. The summed E-state index contributed by atoms with van der Waals surface area (Å²) in [6, 6.07) is 0.459. The zero-order chi connectivity index (χ0) is 11.0. The molecule has 1 saturated carbocycles. The van der Waals surface area contributed by atoms with Crippen molar-refractivity contribution in [2.75, 3.05) is 5.73 Å². The van der Waals surface area contributed by atoms with Crippen LogP contribution in [0.1, 0.15) is 44.3 Å². The number of halogens is 1. The number of nitrogens with two attached hydrogens (primary N) is 1. The van der Waals surface area contributed by atoms with E-state index in [0.717, 1.165) is 5.69 Å². The lowest BCUT2D eigenvalue weighted by atomic mass is 10.0. The van der Waals surface area contributed by atoms with E-state index < -0.39 is 0 Å². The van der Waals surface area contributed by atoms with Crippen molar-refractivity contribution in [1.29, 1.82) is 0 Å². The van der Waals surface area contributed by atoms with Crippen LogP contribution in [0.4, 0.5) is 5.82 Å². The van der Waals surface area contributed by atoms with E-state index in [1.165, 1.54) is 25.7 Å². The predicted molar refractivity (Wildman–Crippen MR) is 63.1 cm³/mol. The maximum absolute atomic E-state index is 6.06. The Kier molecular flexibility index (Phi) is 2.91. The van der Waals surface area contributed by atoms with Gasteiger partial charge in [-0.05, 0) is 25.7 Å². The lowest BCUT2D eigenvalue weighted by Crippen LogP contribution is -2.16. The van der Waals surface area contributed by atoms with Crippen molar-refractivity contribution in [3.8, 4) is 0 Å². The molecule has 0 aromatic carbocycles. The molecule has 2 rings (SSSR count). The Labute approximate surface area is 95.6 Å². The first-order chi connectivity index (χ1) is 7.15. The van der Waals surface area contributed by atoms with Gasteiger partial charge in [-0.2, -0.15) is 5.10 Å². The summed E-state index contributed by atoms with van der Waals surface area (Å²) in [5, 5.41) is 5.07. The highest BCUT2D eigenvalue weighted by Gasteiger charge is 2.30. The van der Waals surface area contributed by atoms with Gasteiger partial charge in [-0.1, -0.05) is 31.4 Å². The minimum Gasteiger partial charge on any atom is -0.383 e. The minimum atomic E-state index is 0.459. The molecule has 0 radical (unpaired) electrons. The molecule has 15 heavy (non-hydrogen) atoms. The SMILES string of the molecule is CCC1CCCC1n1nc(C)c(Cl)c1N. The Morgan fingerprint density at radius 3 is 2.80 bits per heavy atom. The van der Waals surface area contributed by atoms with Crippen molar-refractivity contribution in [2.24, 2.45) is 5.92 Å². The Bertz CT molecular complexity index is 359. The van der Waals surface area contributed by atoms with Crippen LogP contribution in [-0.4, -0.2) is 9.78 Å². The van der Waals surface area contributed by atoms with Crippen LogP contribution < -0.4 is 5.73 Å². The number of rotatable bonds is 2. The van der Waals surface area contributed by atoms with E-state index in [1.807, 2.05) is 11.6 Å². The average Bonchev–Trinajstić information content (AvgIpc) is 2.78. The molecule has 2 N–H and O–H groups in total. The van der Waals surface area contributed by atoms with Gasteiger partial charge in [0.15, 0.2) is 0 Å². The second-order valence-corrected chi connectivity index (χ2v) is 4.77. The van der Waals surface area contributed by atoms with Gasteiger partial charge in [0, 0.05) is 0 Å². The van der Waals surface area contributed by atoms with E-state index >= 15 is 0 Å². The Balaban J connectivity index is 2.32. The van der Waals surface area contributed by atoms with Gasteiger partial charge in [0.05, 0.1) is 11.7 Å². The first-order valence-electron chi connectivity index (χ1n) is 5.65. The third-order valence-electron chi connectivity index (χ3n) is 3.50. The number of hydrogen-bond donors (Lipinski definition) is 1. The summed E-state index contributed by atoms with van der Waals surface area (Å²) < 4.78 is 1.94. The van der Waals surface area contributed by atoms with Gasteiger partial charge in [-0.15, -0.1) is 0 Å². The van der Waals surface area contributed by atoms with E-state index in [0.29, 0.717) is 22.8 Å². The van der Waals surface area contributed by atoms with E-state index in [2.05, 4.69) is 12.0 Å². The summed E-state index contributed by atoms with van der Waals surface area (Å²) in [6.07, 6.45) is 4.94. The quantitative estimate of drug-likeness (QED) is 0.844. The summed E-state index contributed by atoms with van der Waals surface area (Å²) in [6.45, 7) is 4.14. The first kappa shape index (κ1) is 10.8. The third-order valence-corrected chi connectivity index (χ3v) is 3.97. The monoisotopic (exact) mass is 227 g/mol. The summed E-state index contributed by atoms with van der Waals surface area (Å²) in [5.41, 5.74) is 6.81. The normalized spacial score (nSPS) is 26.1. The molecule has 4 heteroatoms. The first-order valence-corrected chi connectivity index (χ1v) is 6.03. The van der Waals surface area contributed by atoms with E-state index in [4.69, 9.17) is 17.3 Å². The minimum absolute atomic E-state index is 0.459. The molecule has 1 aromatic heterocycles. The fraction of sp³-hybridized carbons (Fsp3) is 0.727. The molecule has 2 atom stereocenters. The molecule has 2 unspecified atom stereocenters. The van der Waals surface area contributed by atoms with Crippen LogP contribution in [-0.2, 0) is 0 Å². The van der Waals surface area contributed by atoms with Gasteiger partial charge in [0.2, 0.25) is 0 Å². The number of hydrogen-bond acceptors (Lipinski definition) is 2. The molecule has 1 heterocycles. The summed E-state index contributed by atoms with van der Waals surface area (Å²) in [4.78, 5) is 0. The highest BCUT2D eigenvalue weighted by atomic mass is 35.5. The van der Waals surface area contributed by atoms with E-state index in [-0.39, 0.29) is 0 Å². The van der Waals surface area contributed by atoms with Gasteiger partial charge in [0.25, 0.3) is 0 Å². The summed E-state index contributed by atoms with van der Waals surface area (Å²) in [5.74, 6) is 1.35. The van der Waals surface area contributed by atoms with Crippen molar-refractivity contribution >= 4 is 17.4 Å². The Morgan fingerprint density at radius 1 is 1.53 bits per heavy atom. The van der Waals surface area contributed by atoms with Crippen LogP contribution in [0.3, 0.4) is 0 Å². The summed E-state index contributed by atoms with van der Waals surface area (Å²) >= 11 is 6.06. The predicted octanol–water partition coefficient (Wildman–Crippen LogP) is 3.18. The van der Waals surface area contributed by atoms with E-state index in [9.17, 15) is 0 Å². The number of aryl methyl sites for hydroxylation is 1. The van der Waals surface area contributed by atoms with Gasteiger partial charge >= 0.3 is 0 Å². The molecule has 1 aliphatic carbocycles. The average molecular weight is 228 g/mol. The maximum atomic E-state index is 6.06. The molecule has 0 bridgehead atoms. The second-order valence-electron chi connectivity index (χ2n) is 4.40. The summed E-state index contributed by atoms with van der Waals surface area (Å²) in [7, 11) is 0. The van der Waals surface area contributed by atoms with Crippen molar-refractivity contribution in [3.63, 3.8) is 0 Å². The molecule has 84 valence electrons. The number of aromatic nitrogens is 2. The third kappa shape index (κ3) is 1.73. The van der Waals surface area contributed by atoms with Crippen LogP contribution >= 0.6 is 11.6 Å². The number of nitrogens with zero attached hydrogens (tertiary/aromatic N) is 2. The standard InChI is InChI=1S/C11H18ClN3/c1-3-8-5-4-6-9(8)15-11(13)10(12)7(2)14-15/h8-9H,3-6,13H2,1-2H3. The van der Waals surface area contributed by atoms with Gasteiger partial charge in [0.1, 0.15) is 10.8 Å². The molecule has 3 nitrogen and oxygen atoms in total. The fourth-order valence-electron chi connectivity index (χ4n) is 2.61. The molecule has 1 aliphatic rings. The van der Waals surface area contributed by atoms with Gasteiger partial charge in [-0.25, -0.2) is 4.68 Å². The lowest BCUT2D eigenvalue weighted by Gasteiger charge is -2.19. The van der Waals surface area contributed by atoms with Crippen molar-refractivity contribution in [1.82, 2.24) is 9.78 Å². The van der Waals surface area contributed by atoms with Crippen LogP contribution in [0, 0.1) is 12.8 Å². The van der Waals surface area contributed by atoms with Crippen molar-refractivity contribution in [3.05, 3.63) is 10.7 Å². The molecular formula is C11H18ClN3. The van der Waals surface area contributed by atoms with E-state index in [1.54, 1.807) is 0 Å². The largest absolute Gasteiger partial charge is 0.383 e. The van der Waals surface area contributed by atoms with Gasteiger partial charge in [-0.3, -0.25) is 0 Å². The fourth-order valence-corrected chi connectivity index (χ4v) is 2.74. The van der Waals surface area contributed by atoms with Crippen LogP contribution in [0.2, 0.25) is 5.02 Å². The zero-order valence-electron chi connectivity index (χ0n) is 9.33. The second kappa shape index (κ2) is 4.05. The zero-order valence-corrected chi connectivity index (χ0v) is 10.1. The van der Waals surface area contributed by atoms with Crippen LogP contribution in [0.15, 0.2) is 0 Å². The smallest absolute Gasteiger partial charge is 0.141 e. The Morgan fingerprint density at radius 2 is 2.27 bits per heavy atom. The molecule has 0 saturated heterocycles. The lowest BCUT2D eigenvalue weighted by molar-refractivity contribution is 0.346. The van der Waals surface area contributed by atoms with Crippen LogP contribution in [0.5, 0.6) is 0 Å². The van der Waals surface area contributed by atoms with Gasteiger partial charge < -0.3 is 5.73 Å². The molecule has 1 aromatic rings. The number of anilines is 1. The van der Waals surface area contributed by atoms with Crippen molar-refractivity contribution < 1.29 is 0 Å².